The van der Waals surface area contributed by atoms with Crippen LogP contribution in [-0.4, -0.2) is 70.5 Å². The van der Waals surface area contributed by atoms with Crippen LogP contribution in [0, 0.1) is 5.41 Å². The molecule has 0 bridgehead atoms. The summed E-state index contributed by atoms with van der Waals surface area (Å²) in [6.45, 7) is 10.5. The molecular weight excluding hydrogens is 483 g/mol. The molecule has 164 valence electrons. The van der Waals surface area contributed by atoms with E-state index in [1.807, 2.05) is 6.07 Å². The van der Waals surface area contributed by atoms with Crippen LogP contribution in [0.15, 0.2) is 23.2 Å². The number of hydrogen-bond donors (Lipinski definition) is 2. The number of benzene rings is 1. The van der Waals surface area contributed by atoms with Gasteiger partial charge in [0.15, 0.2) is 5.96 Å². The third kappa shape index (κ3) is 6.89. The maximum absolute atomic E-state index is 5.39. The van der Waals surface area contributed by atoms with Gasteiger partial charge in [-0.1, -0.05) is 6.92 Å². The number of guanidine groups is 1. The molecule has 2 aliphatic heterocycles. The van der Waals surface area contributed by atoms with Gasteiger partial charge in [0.25, 0.3) is 0 Å². The van der Waals surface area contributed by atoms with Crippen molar-refractivity contribution in [3.8, 4) is 11.5 Å². The standard InChI is InChI=1S/C21H34N4O3.HI/c1-5-22-20(23-13-21(2)14-28-15-21)24-17-6-7-25(12-17)11-16-8-18(26-3)10-19(9-16)27-4;/h8-10,17H,5-7,11-15H2,1-4H3,(H2,22,23,24);1H. The Balaban J connectivity index is 0.00000300. The van der Waals surface area contributed by atoms with Crippen molar-refractivity contribution in [1.82, 2.24) is 15.5 Å². The lowest BCUT2D eigenvalue weighted by Crippen LogP contribution is -2.47. The molecule has 1 atom stereocenters. The molecule has 2 heterocycles. The zero-order valence-electron chi connectivity index (χ0n) is 18.0. The van der Waals surface area contributed by atoms with Crippen LogP contribution in [0.1, 0.15) is 25.8 Å². The first-order valence-corrected chi connectivity index (χ1v) is 10.1. The van der Waals surface area contributed by atoms with E-state index in [0.29, 0.717) is 6.04 Å². The van der Waals surface area contributed by atoms with E-state index in [9.17, 15) is 0 Å². The van der Waals surface area contributed by atoms with Gasteiger partial charge in [0.05, 0.1) is 34.0 Å². The van der Waals surface area contributed by atoms with E-state index < -0.39 is 0 Å². The number of hydrogen-bond acceptors (Lipinski definition) is 5. The molecule has 3 rings (SSSR count). The summed E-state index contributed by atoms with van der Waals surface area (Å²) in [5, 5.41) is 6.98. The molecule has 7 nitrogen and oxygen atoms in total. The smallest absolute Gasteiger partial charge is 0.191 e. The molecule has 2 fully saturated rings. The first-order valence-electron chi connectivity index (χ1n) is 10.1. The molecule has 2 saturated heterocycles. The second-order valence-corrected chi connectivity index (χ2v) is 8.08. The Kier molecular flexibility index (Phi) is 9.29. The fourth-order valence-corrected chi connectivity index (χ4v) is 3.64. The lowest BCUT2D eigenvalue weighted by Gasteiger charge is -2.36. The Morgan fingerprint density at radius 2 is 1.93 bits per heavy atom. The summed E-state index contributed by atoms with van der Waals surface area (Å²) < 4.78 is 16.1. The lowest BCUT2D eigenvalue weighted by atomic mass is 9.89. The SMILES string of the molecule is CCNC(=NCC1(C)COC1)NC1CCN(Cc2cc(OC)cc(OC)c2)C1.I. The fraction of sp³-hybridized carbons (Fsp3) is 0.667. The molecule has 1 unspecified atom stereocenters. The Bertz CT molecular complexity index is 660. The second kappa shape index (κ2) is 11.2. The highest BCUT2D eigenvalue weighted by Crippen LogP contribution is 2.27. The van der Waals surface area contributed by atoms with Crippen LogP contribution in [-0.2, 0) is 11.3 Å². The third-order valence-electron chi connectivity index (χ3n) is 5.29. The van der Waals surface area contributed by atoms with Gasteiger partial charge < -0.3 is 24.8 Å². The summed E-state index contributed by atoms with van der Waals surface area (Å²) in [4.78, 5) is 7.24. The highest BCUT2D eigenvalue weighted by molar-refractivity contribution is 14.0. The summed E-state index contributed by atoms with van der Waals surface area (Å²) in [6.07, 6.45) is 1.10. The minimum Gasteiger partial charge on any atom is -0.497 e. The van der Waals surface area contributed by atoms with Crippen molar-refractivity contribution in [3.63, 3.8) is 0 Å². The van der Waals surface area contributed by atoms with Gasteiger partial charge in [-0.15, -0.1) is 24.0 Å². The maximum atomic E-state index is 5.39. The van der Waals surface area contributed by atoms with E-state index in [4.69, 9.17) is 19.2 Å². The highest BCUT2D eigenvalue weighted by Gasteiger charge is 2.33. The number of rotatable bonds is 8. The van der Waals surface area contributed by atoms with Crippen LogP contribution in [0.3, 0.4) is 0 Å². The molecule has 0 saturated carbocycles. The third-order valence-corrected chi connectivity index (χ3v) is 5.29. The summed E-state index contributed by atoms with van der Waals surface area (Å²) in [5.74, 6) is 2.57. The van der Waals surface area contributed by atoms with E-state index in [1.165, 1.54) is 5.56 Å². The number of methoxy groups -OCH3 is 2. The van der Waals surface area contributed by atoms with E-state index in [-0.39, 0.29) is 29.4 Å². The summed E-state index contributed by atoms with van der Waals surface area (Å²) in [5.41, 5.74) is 1.39. The van der Waals surface area contributed by atoms with Crippen molar-refractivity contribution in [2.75, 3.05) is 53.6 Å². The first kappa shape index (κ1) is 24.0. The average molecular weight is 518 g/mol. The van der Waals surface area contributed by atoms with Crippen LogP contribution in [0.25, 0.3) is 0 Å². The zero-order chi connectivity index (χ0) is 20.0. The fourth-order valence-electron chi connectivity index (χ4n) is 3.64. The van der Waals surface area contributed by atoms with Crippen LogP contribution in [0.4, 0.5) is 0 Å². The minimum absolute atomic E-state index is 0. The van der Waals surface area contributed by atoms with E-state index >= 15 is 0 Å². The molecule has 0 amide bonds. The minimum atomic E-state index is 0. The van der Waals surface area contributed by atoms with Crippen LogP contribution >= 0.6 is 24.0 Å². The molecular formula is C21H35IN4O3. The van der Waals surface area contributed by atoms with Gasteiger partial charge in [0, 0.05) is 43.7 Å². The molecule has 2 aliphatic rings. The molecule has 0 aliphatic carbocycles. The van der Waals surface area contributed by atoms with Crippen molar-refractivity contribution in [3.05, 3.63) is 23.8 Å². The van der Waals surface area contributed by atoms with Gasteiger partial charge in [-0.3, -0.25) is 9.89 Å². The number of ether oxygens (including phenoxy) is 3. The monoisotopic (exact) mass is 518 g/mol. The van der Waals surface area contributed by atoms with Gasteiger partial charge in [0.2, 0.25) is 0 Å². The van der Waals surface area contributed by atoms with E-state index in [1.54, 1.807) is 14.2 Å². The molecule has 0 spiro atoms. The lowest BCUT2D eigenvalue weighted by molar-refractivity contribution is -0.0945. The predicted molar refractivity (Wildman–Crippen MR) is 127 cm³/mol. The average Bonchev–Trinajstić information content (AvgIpc) is 3.11. The quantitative estimate of drug-likeness (QED) is 0.313. The molecule has 29 heavy (non-hydrogen) atoms. The predicted octanol–water partition coefficient (Wildman–Crippen LogP) is 2.49. The summed E-state index contributed by atoms with van der Waals surface area (Å²) in [6, 6.07) is 6.47. The highest BCUT2D eigenvalue weighted by atomic mass is 127. The van der Waals surface area contributed by atoms with Gasteiger partial charge in [-0.05, 0) is 31.0 Å². The van der Waals surface area contributed by atoms with Gasteiger partial charge in [-0.2, -0.15) is 0 Å². The summed E-state index contributed by atoms with van der Waals surface area (Å²) in [7, 11) is 3.37. The molecule has 0 radical (unpaired) electrons. The second-order valence-electron chi connectivity index (χ2n) is 8.08. The van der Waals surface area contributed by atoms with Crippen LogP contribution < -0.4 is 20.1 Å². The Morgan fingerprint density at radius 1 is 1.24 bits per heavy atom. The number of halogens is 1. The molecule has 0 aromatic heterocycles. The van der Waals surface area contributed by atoms with Crippen LogP contribution in [0.5, 0.6) is 11.5 Å². The summed E-state index contributed by atoms with van der Waals surface area (Å²) >= 11 is 0. The largest absolute Gasteiger partial charge is 0.497 e. The molecule has 2 N–H and O–H groups in total. The Labute approximate surface area is 191 Å². The maximum Gasteiger partial charge on any atom is 0.191 e. The number of nitrogens with zero attached hydrogens (tertiary/aromatic N) is 2. The molecule has 1 aromatic rings. The van der Waals surface area contributed by atoms with E-state index in [0.717, 1.165) is 69.8 Å². The zero-order valence-corrected chi connectivity index (χ0v) is 20.3. The van der Waals surface area contributed by atoms with Crippen molar-refractivity contribution in [1.29, 1.82) is 0 Å². The number of aliphatic imine (C=N–C) groups is 1. The van der Waals surface area contributed by atoms with Gasteiger partial charge >= 0.3 is 0 Å². The topological polar surface area (TPSA) is 67.4 Å². The van der Waals surface area contributed by atoms with Crippen molar-refractivity contribution < 1.29 is 14.2 Å². The number of likely N-dealkylation sites (tertiary alicyclic amines) is 1. The van der Waals surface area contributed by atoms with Crippen molar-refractivity contribution in [2.24, 2.45) is 10.4 Å². The van der Waals surface area contributed by atoms with Crippen molar-refractivity contribution in [2.45, 2.75) is 32.9 Å². The van der Waals surface area contributed by atoms with Gasteiger partial charge in [-0.25, -0.2) is 0 Å². The van der Waals surface area contributed by atoms with E-state index in [2.05, 4.69) is 41.5 Å². The normalized spacial score (nSPS) is 21.1. The van der Waals surface area contributed by atoms with Crippen molar-refractivity contribution >= 4 is 29.9 Å². The van der Waals surface area contributed by atoms with Crippen LogP contribution in [0.2, 0.25) is 0 Å². The number of nitrogens with one attached hydrogen (secondary N) is 2. The Hall–Kier alpha value is -1.26. The molecule has 8 heteroatoms. The molecule has 1 aromatic carbocycles. The Morgan fingerprint density at radius 3 is 2.48 bits per heavy atom. The first-order chi connectivity index (χ1) is 13.5. The van der Waals surface area contributed by atoms with Gasteiger partial charge in [0.1, 0.15) is 11.5 Å².